The molecule has 1 aromatic carbocycles. The quantitative estimate of drug-likeness (QED) is 0.495. The number of thioether (sulfide) groups is 1. The van der Waals surface area contributed by atoms with Crippen molar-refractivity contribution in [3.05, 3.63) is 35.9 Å². The van der Waals surface area contributed by atoms with Crippen molar-refractivity contribution in [2.24, 2.45) is 0 Å². The van der Waals surface area contributed by atoms with Crippen LogP contribution >= 0.6 is 11.8 Å². The molecule has 0 aromatic heterocycles. The van der Waals surface area contributed by atoms with Crippen molar-refractivity contribution in [3.8, 4) is 0 Å². The van der Waals surface area contributed by atoms with Gasteiger partial charge in [0.25, 0.3) is 0 Å². The summed E-state index contributed by atoms with van der Waals surface area (Å²) in [4.78, 5) is 0.680. The van der Waals surface area contributed by atoms with Crippen molar-refractivity contribution < 1.29 is 13.2 Å². The molecule has 0 spiro atoms. The van der Waals surface area contributed by atoms with E-state index in [1.54, 1.807) is 0 Å². The third kappa shape index (κ3) is 4.34. The van der Waals surface area contributed by atoms with Crippen LogP contribution in [0, 0.1) is 0 Å². The van der Waals surface area contributed by atoms with E-state index in [-0.39, 0.29) is 5.69 Å². The first-order chi connectivity index (χ1) is 7.80. The Hall–Kier alpha value is -1.10. The standard InChI is InChI=1S/C12H14F3NS/c1-8(2)5-6-17-11-4-3-9(7-10(11)16)12(13,14)15/h3-4,7H,1,5-6,16H2,2H3. The van der Waals surface area contributed by atoms with Crippen LogP contribution < -0.4 is 5.73 Å². The van der Waals surface area contributed by atoms with Gasteiger partial charge in [-0.15, -0.1) is 18.3 Å². The molecule has 1 aromatic rings. The topological polar surface area (TPSA) is 26.0 Å². The minimum Gasteiger partial charge on any atom is -0.398 e. The highest BCUT2D eigenvalue weighted by molar-refractivity contribution is 7.99. The molecule has 0 saturated heterocycles. The van der Waals surface area contributed by atoms with Crippen LogP contribution in [0.2, 0.25) is 0 Å². The molecule has 0 bridgehead atoms. The summed E-state index contributed by atoms with van der Waals surface area (Å²) < 4.78 is 37.2. The van der Waals surface area contributed by atoms with Crippen molar-refractivity contribution in [2.45, 2.75) is 24.4 Å². The summed E-state index contributed by atoms with van der Waals surface area (Å²) in [6.07, 6.45) is -3.51. The Morgan fingerprint density at radius 3 is 2.53 bits per heavy atom. The van der Waals surface area contributed by atoms with E-state index in [9.17, 15) is 13.2 Å². The van der Waals surface area contributed by atoms with Gasteiger partial charge in [-0.3, -0.25) is 0 Å². The summed E-state index contributed by atoms with van der Waals surface area (Å²) in [5.41, 5.74) is 6.10. The number of allylic oxidation sites excluding steroid dienone is 1. The predicted octanol–water partition coefficient (Wildman–Crippen LogP) is 4.35. The smallest absolute Gasteiger partial charge is 0.398 e. The van der Waals surface area contributed by atoms with E-state index < -0.39 is 11.7 Å². The van der Waals surface area contributed by atoms with E-state index in [2.05, 4.69) is 6.58 Å². The highest BCUT2D eigenvalue weighted by Crippen LogP contribution is 2.34. The maximum absolute atomic E-state index is 12.4. The van der Waals surface area contributed by atoms with Crippen LogP contribution in [0.3, 0.4) is 0 Å². The third-order valence-electron chi connectivity index (χ3n) is 2.12. The van der Waals surface area contributed by atoms with Gasteiger partial charge in [-0.2, -0.15) is 13.2 Å². The lowest BCUT2D eigenvalue weighted by molar-refractivity contribution is -0.137. The second-order valence-corrected chi connectivity index (χ2v) is 4.94. The van der Waals surface area contributed by atoms with Gasteiger partial charge in [0.2, 0.25) is 0 Å². The van der Waals surface area contributed by atoms with Gasteiger partial charge in [-0.1, -0.05) is 5.57 Å². The Kier molecular flexibility index (Phi) is 4.51. The first kappa shape index (κ1) is 14.0. The van der Waals surface area contributed by atoms with E-state index in [1.807, 2.05) is 6.92 Å². The van der Waals surface area contributed by atoms with Crippen molar-refractivity contribution in [3.63, 3.8) is 0 Å². The summed E-state index contributed by atoms with van der Waals surface area (Å²) in [5.74, 6) is 0.769. The molecule has 0 unspecified atom stereocenters. The zero-order valence-electron chi connectivity index (χ0n) is 9.47. The number of nitrogen functional groups attached to an aromatic ring is 1. The van der Waals surface area contributed by atoms with Crippen LogP contribution in [-0.4, -0.2) is 5.75 Å². The van der Waals surface area contributed by atoms with Gasteiger partial charge in [0, 0.05) is 16.3 Å². The van der Waals surface area contributed by atoms with Crippen LogP contribution in [0.15, 0.2) is 35.2 Å². The minimum absolute atomic E-state index is 0.173. The largest absolute Gasteiger partial charge is 0.416 e. The van der Waals surface area contributed by atoms with E-state index >= 15 is 0 Å². The normalized spacial score (nSPS) is 11.5. The fourth-order valence-electron chi connectivity index (χ4n) is 1.19. The maximum Gasteiger partial charge on any atom is 0.416 e. The summed E-state index contributed by atoms with van der Waals surface area (Å²) in [5, 5.41) is 0. The molecular weight excluding hydrogens is 247 g/mol. The highest BCUT2D eigenvalue weighted by Gasteiger charge is 2.30. The number of benzene rings is 1. The number of nitrogens with two attached hydrogens (primary N) is 1. The number of anilines is 1. The third-order valence-corrected chi connectivity index (χ3v) is 3.21. The van der Waals surface area contributed by atoms with Gasteiger partial charge in [-0.25, -0.2) is 0 Å². The van der Waals surface area contributed by atoms with Gasteiger partial charge < -0.3 is 5.73 Å². The fourth-order valence-corrected chi connectivity index (χ4v) is 2.25. The highest BCUT2D eigenvalue weighted by atomic mass is 32.2. The first-order valence-electron chi connectivity index (χ1n) is 5.04. The molecule has 0 heterocycles. The van der Waals surface area contributed by atoms with Crippen molar-refractivity contribution in [1.29, 1.82) is 0 Å². The van der Waals surface area contributed by atoms with Crippen molar-refractivity contribution in [1.82, 2.24) is 0 Å². The molecule has 0 radical (unpaired) electrons. The van der Waals surface area contributed by atoms with Gasteiger partial charge >= 0.3 is 6.18 Å². The SMILES string of the molecule is C=C(C)CCSc1ccc(C(F)(F)F)cc1N. The lowest BCUT2D eigenvalue weighted by atomic mass is 10.2. The zero-order valence-corrected chi connectivity index (χ0v) is 10.3. The van der Waals surface area contributed by atoms with Crippen LogP contribution in [-0.2, 0) is 6.18 Å². The Morgan fingerprint density at radius 2 is 2.06 bits per heavy atom. The summed E-state index contributed by atoms with van der Waals surface area (Å²) in [7, 11) is 0. The van der Waals surface area contributed by atoms with Gasteiger partial charge in [0.15, 0.2) is 0 Å². The average molecular weight is 261 g/mol. The van der Waals surface area contributed by atoms with Gasteiger partial charge in [-0.05, 0) is 31.5 Å². The Bertz CT molecular complexity index is 413. The molecular formula is C12H14F3NS. The number of halogens is 3. The van der Waals surface area contributed by atoms with Crippen LogP contribution in [0.5, 0.6) is 0 Å². The molecule has 0 aliphatic rings. The molecule has 17 heavy (non-hydrogen) atoms. The molecule has 1 nitrogen and oxygen atoms in total. The monoisotopic (exact) mass is 261 g/mol. The van der Waals surface area contributed by atoms with Crippen LogP contribution in [0.25, 0.3) is 0 Å². The Balaban J connectivity index is 2.73. The molecule has 94 valence electrons. The van der Waals surface area contributed by atoms with Gasteiger partial charge in [0.1, 0.15) is 0 Å². The predicted molar refractivity (Wildman–Crippen MR) is 66.0 cm³/mol. The molecule has 2 N–H and O–H groups in total. The molecule has 0 atom stereocenters. The Morgan fingerprint density at radius 1 is 1.41 bits per heavy atom. The maximum atomic E-state index is 12.4. The molecule has 0 saturated carbocycles. The molecule has 0 amide bonds. The summed E-state index contributed by atoms with van der Waals surface area (Å²) in [6, 6.07) is 3.45. The average Bonchev–Trinajstić information content (AvgIpc) is 2.18. The molecule has 0 fully saturated rings. The lowest BCUT2D eigenvalue weighted by Crippen LogP contribution is -2.05. The van der Waals surface area contributed by atoms with E-state index in [4.69, 9.17) is 5.73 Å². The Labute approximate surface area is 103 Å². The molecule has 1 rings (SSSR count). The lowest BCUT2D eigenvalue weighted by Gasteiger charge is -2.10. The molecule has 5 heteroatoms. The number of rotatable bonds is 4. The summed E-state index contributed by atoms with van der Waals surface area (Å²) >= 11 is 1.44. The van der Waals surface area contributed by atoms with E-state index in [0.29, 0.717) is 4.90 Å². The van der Waals surface area contributed by atoms with Crippen molar-refractivity contribution >= 4 is 17.4 Å². The first-order valence-corrected chi connectivity index (χ1v) is 6.03. The summed E-state index contributed by atoms with van der Waals surface area (Å²) in [6.45, 7) is 5.68. The van der Waals surface area contributed by atoms with Crippen molar-refractivity contribution in [2.75, 3.05) is 11.5 Å². The number of alkyl halides is 3. The second kappa shape index (κ2) is 5.49. The molecule has 0 aliphatic carbocycles. The minimum atomic E-state index is -4.34. The number of hydrogen-bond donors (Lipinski definition) is 1. The zero-order chi connectivity index (χ0) is 13.1. The van der Waals surface area contributed by atoms with E-state index in [0.717, 1.165) is 29.9 Å². The second-order valence-electron chi connectivity index (χ2n) is 3.81. The van der Waals surface area contributed by atoms with Gasteiger partial charge in [0.05, 0.1) is 5.56 Å². The van der Waals surface area contributed by atoms with E-state index in [1.165, 1.54) is 17.8 Å². The molecule has 0 aliphatic heterocycles. The number of hydrogen-bond acceptors (Lipinski definition) is 2. The van der Waals surface area contributed by atoms with Crippen LogP contribution in [0.1, 0.15) is 18.9 Å². The fraction of sp³-hybridized carbons (Fsp3) is 0.333. The van der Waals surface area contributed by atoms with Crippen LogP contribution in [0.4, 0.5) is 18.9 Å².